The van der Waals surface area contributed by atoms with Gasteiger partial charge >= 0.3 is 0 Å². The van der Waals surface area contributed by atoms with Crippen molar-refractivity contribution < 1.29 is 4.42 Å². The second-order valence-electron chi connectivity index (χ2n) is 6.37. The van der Waals surface area contributed by atoms with Gasteiger partial charge in [-0.25, -0.2) is 4.98 Å². The number of rotatable bonds is 7. The number of halogens is 1. The molecule has 0 spiro atoms. The molecule has 0 atom stereocenters. The number of guanidine groups is 1. The molecular formula is C20H28IN5O. The molecule has 27 heavy (non-hydrogen) atoms. The maximum absolute atomic E-state index is 5.94. The molecule has 0 aliphatic carbocycles. The number of para-hydroxylation sites is 1. The Labute approximate surface area is 177 Å². The number of aromatic nitrogens is 2. The molecule has 1 aromatic carbocycles. The first-order chi connectivity index (χ1) is 12.7. The number of aliphatic imine (C=N–C) groups is 1. The summed E-state index contributed by atoms with van der Waals surface area (Å²) in [7, 11) is 1.79. The summed E-state index contributed by atoms with van der Waals surface area (Å²) in [5.41, 5.74) is 2.11. The van der Waals surface area contributed by atoms with Crippen molar-refractivity contribution in [3.63, 3.8) is 0 Å². The fourth-order valence-corrected chi connectivity index (χ4v) is 3.03. The third-order valence-corrected chi connectivity index (χ3v) is 4.62. The largest absolute Gasteiger partial charge is 0.459 e. The number of benzene rings is 1. The van der Waals surface area contributed by atoms with Crippen molar-refractivity contribution in [1.29, 1.82) is 0 Å². The summed E-state index contributed by atoms with van der Waals surface area (Å²) in [5, 5.41) is 7.86. The van der Waals surface area contributed by atoms with E-state index in [0.717, 1.165) is 49.1 Å². The summed E-state index contributed by atoms with van der Waals surface area (Å²) in [6, 6.07) is 8.12. The van der Waals surface area contributed by atoms with Gasteiger partial charge in [-0.2, -0.15) is 0 Å². The first kappa shape index (κ1) is 21.3. The zero-order valence-electron chi connectivity index (χ0n) is 16.2. The van der Waals surface area contributed by atoms with Gasteiger partial charge in [0.15, 0.2) is 5.96 Å². The topological polar surface area (TPSA) is 67.4 Å². The molecule has 3 rings (SSSR count). The van der Waals surface area contributed by atoms with Gasteiger partial charge in [0.25, 0.3) is 0 Å². The lowest BCUT2D eigenvalue weighted by atomic mass is 10.1. The number of aryl methyl sites for hydroxylation is 3. The van der Waals surface area contributed by atoms with Gasteiger partial charge in [0.05, 0.1) is 6.54 Å². The third-order valence-electron chi connectivity index (χ3n) is 4.62. The molecule has 6 nitrogen and oxygen atoms in total. The Hall–Kier alpha value is -2.03. The van der Waals surface area contributed by atoms with Crippen molar-refractivity contribution in [1.82, 2.24) is 20.2 Å². The van der Waals surface area contributed by atoms with Gasteiger partial charge in [0.1, 0.15) is 17.2 Å². The standard InChI is InChI=1S/C20H27N5O.HI/c1-15-17-8-4-5-9-18(17)26-19(15)14-24-20(21-3)23-10-6-7-12-25-13-11-22-16(25)2;/h4-5,8-9,11,13H,6-7,10,12,14H2,1-3H3,(H2,21,23,24);1H. The average molecular weight is 481 g/mol. The molecule has 0 amide bonds. The highest BCUT2D eigenvalue weighted by molar-refractivity contribution is 14.0. The monoisotopic (exact) mass is 481 g/mol. The normalized spacial score (nSPS) is 11.4. The zero-order chi connectivity index (χ0) is 18.4. The quantitative estimate of drug-likeness (QED) is 0.232. The number of nitrogens with one attached hydrogen (secondary N) is 2. The molecule has 0 unspecified atom stereocenters. The van der Waals surface area contributed by atoms with Crippen LogP contribution in [0.5, 0.6) is 0 Å². The average Bonchev–Trinajstić information content (AvgIpc) is 3.21. The van der Waals surface area contributed by atoms with Gasteiger partial charge < -0.3 is 19.6 Å². The van der Waals surface area contributed by atoms with Crippen LogP contribution >= 0.6 is 24.0 Å². The van der Waals surface area contributed by atoms with Gasteiger partial charge in [-0.3, -0.25) is 4.99 Å². The van der Waals surface area contributed by atoms with Gasteiger partial charge in [-0.05, 0) is 32.8 Å². The Morgan fingerprint density at radius 1 is 1.19 bits per heavy atom. The maximum atomic E-state index is 5.94. The Kier molecular flexibility index (Phi) is 8.15. The van der Waals surface area contributed by atoms with Crippen molar-refractivity contribution in [2.45, 2.75) is 39.8 Å². The van der Waals surface area contributed by atoms with E-state index in [1.165, 1.54) is 10.9 Å². The fourth-order valence-electron chi connectivity index (χ4n) is 3.03. The van der Waals surface area contributed by atoms with Crippen LogP contribution in [0.1, 0.15) is 30.0 Å². The number of nitrogens with zero attached hydrogens (tertiary/aromatic N) is 3. The van der Waals surface area contributed by atoms with E-state index in [0.29, 0.717) is 6.54 Å². The predicted octanol–water partition coefficient (Wildman–Crippen LogP) is 4.01. The van der Waals surface area contributed by atoms with Crippen LogP contribution in [0, 0.1) is 13.8 Å². The van der Waals surface area contributed by atoms with Crippen LogP contribution in [0.3, 0.4) is 0 Å². The number of unbranched alkanes of at least 4 members (excludes halogenated alkanes) is 1. The highest BCUT2D eigenvalue weighted by atomic mass is 127. The van der Waals surface area contributed by atoms with Crippen molar-refractivity contribution in [3.8, 4) is 0 Å². The summed E-state index contributed by atoms with van der Waals surface area (Å²) in [4.78, 5) is 8.53. The molecule has 2 aromatic heterocycles. The Morgan fingerprint density at radius 3 is 2.70 bits per heavy atom. The van der Waals surface area contributed by atoms with E-state index in [4.69, 9.17) is 4.42 Å². The highest BCUT2D eigenvalue weighted by Gasteiger charge is 2.10. The maximum Gasteiger partial charge on any atom is 0.191 e. The van der Waals surface area contributed by atoms with Crippen molar-refractivity contribution >= 4 is 40.9 Å². The van der Waals surface area contributed by atoms with Crippen LogP contribution in [0.4, 0.5) is 0 Å². The lowest BCUT2D eigenvalue weighted by Gasteiger charge is -2.11. The second kappa shape index (κ2) is 10.3. The summed E-state index contributed by atoms with van der Waals surface area (Å²) in [6.45, 7) is 6.62. The Morgan fingerprint density at radius 2 is 2.00 bits per heavy atom. The molecule has 0 aliphatic heterocycles. The lowest BCUT2D eigenvalue weighted by molar-refractivity contribution is 0.533. The molecule has 2 heterocycles. The predicted molar refractivity (Wildman–Crippen MR) is 121 cm³/mol. The van der Waals surface area contributed by atoms with Gasteiger partial charge in [-0.15, -0.1) is 24.0 Å². The minimum atomic E-state index is 0. The molecule has 7 heteroatoms. The first-order valence-corrected chi connectivity index (χ1v) is 9.08. The molecule has 2 N–H and O–H groups in total. The van der Waals surface area contributed by atoms with Gasteiger partial charge in [0.2, 0.25) is 0 Å². The van der Waals surface area contributed by atoms with Crippen molar-refractivity contribution in [2.75, 3.05) is 13.6 Å². The van der Waals surface area contributed by atoms with Crippen molar-refractivity contribution in [2.24, 2.45) is 4.99 Å². The summed E-state index contributed by atoms with van der Waals surface area (Å²) in [5.74, 6) is 2.81. The number of fused-ring (bicyclic) bond motifs is 1. The minimum Gasteiger partial charge on any atom is -0.459 e. The third kappa shape index (κ3) is 5.47. The zero-order valence-corrected chi connectivity index (χ0v) is 18.5. The van der Waals surface area contributed by atoms with E-state index in [9.17, 15) is 0 Å². The first-order valence-electron chi connectivity index (χ1n) is 9.08. The summed E-state index contributed by atoms with van der Waals surface area (Å²) < 4.78 is 8.11. The number of hydrogen-bond donors (Lipinski definition) is 2. The van der Waals surface area contributed by atoms with E-state index < -0.39 is 0 Å². The minimum absolute atomic E-state index is 0. The molecule has 0 bridgehead atoms. The molecule has 146 valence electrons. The van der Waals surface area contributed by atoms with Crippen LogP contribution < -0.4 is 10.6 Å². The van der Waals surface area contributed by atoms with Crippen LogP contribution in [-0.2, 0) is 13.1 Å². The SMILES string of the molecule is CN=C(NCCCCn1ccnc1C)NCc1oc2ccccc2c1C.I. The molecule has 3 aromatic rings. The van der Waals surface area contributed by atoms with E-state index in [2.05, 4.69) is 38.2 Å². The Balaban J connectivity index is 0.00000261. The van der Waals surface area contributed by atoms with Gasteiger partial charge in [-0.1, -0.05) is 18.2 Å². The smallest absolute Gasteiger partial charge is 0.191 e. The van der Waals surface area contributed by atoms with Crippen LogP contribution in [0.2, 0.25) is 0 Å². The van der Waals surface area contributed by atoms with E-state index in [1.54, 1.807) is 7.05 Å². The van der Waals surface area contributed by atoms with Crippen molar-refractivity contribution in [3.05, 3.63) is 53.8 Å². The highest BCUT2D eigenvalue weighted by Crippen LogP contribution is 2.24. The fraction of sp³-hybridized carbons (Fsp3) is 0.400. The number of hydrogen-bond acceptors (Lipinski definition) is 3. The van der Waals surface area contributed by atoms with E-state index in [1.807, 2.05) is 37.5 Å². The number of furan rings is 1. The van der Waals surface area contributed by atoms with E-state index in [-0.39, 0.29) is 24.0 Å². The van der Waals surface area contributed by atoms with E-state index >= 15 is 0 Å². The van der Waals surface area contributed by atoms with Gasteiger partial charge in [0, 0.05) is 43.5 Å². The number of imidazole rings is 1. The molecular weight excluding hydrogens is 453 g/mol. The van der Waals surface area contributed by atoms with Crippen LogP contribution in [-0.4, -0.2) is 29.1 Å². The molecule has 0 saturated heterocycles. The summed E-state index contributed by atoms with van der Waals surface area (Å²) in [6.07, 6.45) is 6.05. The molecule has 0 fully saturated rings. The molecule has 0 aliphatic rings. The second-order valence-corrected chi connectivity index (χ2v) is 6.37. The lowest BCUT2D eigenvalue weighted by Crippen LogP contribution is -2.37. The Bertz CT molecular complexity index is 884. The van der Waals surface area contributed by atoms with Crippen LogP contribution in [0.25, 0.3) is 11.0 Å². The van der Waals surface area contributed by atoms with Crippen LogP contribution in [0.15, 0.2) is 46.1 Å². The molecule has 0 radical (unpaired) electrons. The summed E-state index contributed by atoms with van der Waals surface area (Å²) >= 11 is 0. The molecule has 0 saturated carbocycles.